The number of amides is 2. The van der Waals surface area contributed by atoms with Gasteiger partial charge in [0.05, 0.1) is 6.61 Å². The Hall–Kier alpha value is -4.57. The number of aryl methyl sites for hydroxylation is 3. The third-order valence-corrected chi connectivity index (χ3v) is 5.23. The van der Waals surface area contributed by atoms with E-state index in [0.29, 0.717) is 29.4 Å². The molecule has 0 unspecified atom stereocenters. The van der Waals surface area contributed by atoms with E-state index in [2.05, 4.69) is 10.6 Å². The van der Waals surface area contributed by atoms with Gasteiger partial charge in [0.2, 0.25) is 0 Å². The average Bonchev–Trinajstić information content (AvgIpc) is 2.84. The molecule has 7 nitrogen and oxygen atoms in total. The fraction of sp³-hybridized carbons (Fsp3) is 0.207. The molecule has 3 aromatic carbocycles. The fourth-order valence-electron chi connectivity index (χ4n) is 3.52. The molecule has 7 heteroatoms. The highest BCUT2D eigenvalue weighted by Gasteiger charge is 2.13. The van der Waals surface area contributed by atoms with Crippen LogP contribution in [-0.2, 0) is 9.59 Å². The molecule has 0 radical (unpaired) electrons. The number of ether oxygens (including phenoxy) is 2. The molecule has 0 aliphatic rings. The number of nitrogens with zero attached hydrogens (tertiary/aromatic N) is 1. The average molecular weight is 484 g/mol. The molecule has 0 heterocycles. The first-order chi connectivity index (χ1) is 17.3. The maximum absolute atomic E-state index is 12.6. The van der Waals surface area contributed by atoms with Crippen molar-refractivity contribution >= 4 is 29.3 Å². The molecule has 2 N–H and O–H groups in total. The van der Waals surface area contributed by atoms with Gasteiger partial charge in [0, 0.05) is 11.4 Å². The lowest BCUT2D eigenvalue weighted by molar-refractivity contribution is -0.118. The van der Waals surface area contributed by atoms with E-state index < -0.39 is 5.91 Å². The van der Waals surface area contributed by atoms with E-state index >= 15 is 0 Å². The number of rotatable bonds is 9. The molecule has 0 aromatic heterocycles. The van der Waals surface area contributed by atoms with Crippen LogP contribution in [0.3, 0.4) is 0 Å². The summed E-state index contributed by atoms with van der Waals surface area (Å²) in [4.78, 5) is 25.0. The Balaban J connectivity index is 1.71. The number of benzene rings is 3. The van der Waals surface area contributed by atoms with Gasteiger partial charge in [0.1, 0.15) is 11.6 Å². The number of carbonyl (C=O) groups is 2. The van der Waals surface area contributed by atoms with Gasteiger partial charge >= 0.3 is 0 Å². The number of nitriles is 1. The van der Waals surface area contributed by atoms with Crippen molar-refractivity contribution in [1.82, 2.24) is 0 Å². The summed E-state index contributed by atoms with van der Waals surface area (Å²) in [5.41, 5.74) is 4.95. The Morgan fingerprint density at radius 3 is 2.39 bits per heavy atom. The van der Waals surface area contributed by atoms with Gasteiger partial charge in [-0.25, -0.2) is 0 Å². The normalized spacial score (nSPS) is 10.8. The summed E-state index contributed by atoms with van der Waals surface area (Å²) in [6.07, 6.45) is 1.48. The lowest BCUT2D eigenvalue weighted by Gasteiger charge is -2.14. The third kappa shape index (κ3) is 7.21. The molecular formula is C29H29N3O4. The second-order valence-corrected chi connectivity index (χ2v) is 8.29. The van der Waals surface area contributed by atoms with Crippen LogP contribution in [0.1, 0.15) is 29.2 Å². The molecule has 3 aromatic rings. The topological polar surface area (TPSA) is 100 Å². The van der Waals surface area contributed by atoms with Gasteiger partial charge in [-0.3, -0.25) is 9.59 Å². The molecule has 0 fully saturated rings. The minimum absolute atomic E-state index is 0.0551. The van der Waals surface area contributed by atoms with Crippen molar-refractivity contribution in [3.05, 3.63) is 88.5 Å². The first-order valence-corrected chi connectivity index (χ1v) is 11.6. The number of hydrogen-bond acceptors (Lipinski definition) is 5. The van der Waals surface area contributed by atoms with Gasteiger partial charge in [-0.2, -0.15) is 5.26 Å². The van der Waals surface area contributed by atoms with Gasteiger partial charge in [0.25, 0.3) is 11.8 Å². The summed E-state index contributed by atoms with van der Waals surface area (Å²) >= 11 is 0. The minimum Gasteiger partial charge on any atom is -0.490 e. The summed E-state index contributed by atoms with van der Waals surface area (Å²) in [5, 5.41) is 15.1. The predicted molar refractivity (Wildman–Crippen MR) is 141 cm³/mol. The molecule has 36 heavy (non-hydrogen) atoms. The van der Waals surface area contributed by atoms with Gasteiger partial charge in [-0.1, -0.05) is 35.9 Å². The van der Waals surface area contributed by atoms with E-state index in [1.165, 1.54) is 6.08 Å². The Labute approximate surface area is 211 Å². The summed E-state index contributed by atoms with van der Waals surface area (Å²) in [7, 11) is 0. The first kappa shape index (κ1) is 26.0. The molecule has 184 valence electrons. The van der Waals surface area contributed by atoms with Crippen LogP contribution in [-0.4, -0.2) is 25.0 Å². The van der Waals surface area contributed by atoms with Gasteiger partial charge < -0.3 is 20.1 Å². The van der Waals surface area contributed by atoms with Crippen molar-refractivity contribution in [1.29, 1.82) is 5.26 Å². The second kappa shape index (κ2) is 12.2. The lowest BCUT2D eigenvalue weighted by Crippen LogP contribution is -2.21. The molecule has 2 amide bonds. The highest BCUT2D eigenvalue weighted by molar-refractivity contribution is 6.09. The van der Waals surface area contributed by atoms with Gasteiger partial charge in [-0.05, 0) is 80.8 Å². The fourth-order valence-corrected chi connectivity index (χ4v) is 3.52. The van der Waals surface area contributed by atoms with Crippen LogP contribution in [0.5, 0.6) is 11.5 Å². The van der Waals surface area contributed by atoms with Gasteiger partial charge in [-0.15, -0.1) is 0 Å². The number of anilines is 2. The zero-order valence-electron chi connectivity index (χ0n) is 20.8. The Kier molecular flexibility index (Phi) is 8.84. The number of carbonyl (C=O) groups excluding carboxylic acids is 2. The van der Waals surface area contributed by atoms with E-state index in [1.54, 1.807) is 24.3 Å². The summed E-state index contributed by atoms with van der Waals surface area (Å²) in [6, 6.07) is 20.1. The largest absolute Gasteiger partial charge is 0.490 e. The predicted octanol–water partition coefficient (Wildman–Crippen LogP) is 5.57. The van der Waals surface area contributed by atoms with Crippen LogP contribution in [0.4, 0.5) is 11.4 Å². The molecule has 3 rings (SSSR count). The zero-order valence-corrected chi connectivity index (χ0v) is 20.8. The van der Waals surface area contributed by atoms with Crippen LogP contribution in [0.25, 0.3) is 6.08 Å². The van der Waals surface area contributed by atoms with Crippen LogP contribution in [0, 0.1) is 32.1 Å². The quantitative estimate of drug-likeness (QED) is 0.306. The van der Waals surface area contributed by atoms with Crippen LogP contribution >= 0.6 is 0 Å². The molecule has 0 spiro atoms. The van der Waals surface area contributed by atoms with Crippen LogP contribution < -0.4 is 20.1 Å². The molecule has 0 atom stereocenters. The Morgan fingerprint density at radius 1 is 0.917 bits per heavy atom. The standard InChI is InChI=1S/C29H29N3O4/c1-5-35-27-16-22(15-23(17-30)29(34)31-24-8-6-7-19(2)14-24)10-12-26(27)36-18-28(33)32-25-11-9-20(3)13-21(25)4/h6-16H,5,18H2,1-4H3,(H,31,34)(H,32,33)/b23-15+. The van der Waals surface area contributed by atoms with Crippen molar-refractivity contribution < 1.29 is 19.1 Å². The van der Waals surface area contributed by atoms with E-state index in [4.69, 9.17) is 9.47 Å². The van der Waals surface area contributed by atoms with Crippen molar-refractivity contribution in [2.45, 2.75) is 27.7 Å². The summed E-state index contributed by atoms with van der Waals surface area (Å²) in [5.74, 6) is -0.0214. The molecule has 0 saturated carbocycles. The van der Waals surface area contributed by atoms with Crippen molar-refractivity contribution in [3.8, 4) is 17.6 Å². The third-order valence-electron chi connectivity index (χ3n) is 5.23. The highest BCUT2D eigenvalue weighted by Crippen LogP contribution is 2.29. The van der Waals surface area contributed by atoms with Crippen molar-refractivity contribution in [2.24, 2.45) is 0 Å². The molecule has 0 bridgehead atoms. The van der Waals surface area contributed by atoms with E-state index in [-0.39, 0.29) is 18.1 Å². The van der Waals surface area contributed by atoms with Crippen LogP contribution in [0.2, 0.25) is 0 Å². The minimum atomic E-state index is -0.510. The molecule has 0 saturated heterocycles. The maximum atomic E-state index is 12.6. The molecule has 0 aliphatic carbocycles. The van der Waals surface area contributed by atoms with E-state index in [0.717, 1.165) is 22.4 Å². The van der Waals surface area contributed by atoms with Crippen molar-refractivity contribution in [2.75, 3.05) is 23.8 Å². The van der Waals surface area contributed by atoms with Gasteiger partial charge in [0.15, 0.2) is 18.1 Å². The van der Waals surface area contributed by atoms with E-state index in [1.807, 2.05) is 70.2 Å². The summed E-state index contributed by atoms with van der Waals surface area (Å²) in [6.45, 7) is 7.84. The summed E-state index contributed by atoms with van der Waals surface area (Å²) < 4.78 is 11.4. The monoisotopic (exact) mass is 483 g/mol. The van der Waals surface area contributed by atoms with E-state index in [9.17, 15) is 14.9 Å². The zero-order chi connectivity index (χ0) is 26.1. The SMILES string of the molecule is CCOc1cc(/C=C(\C#N)C(=O)Nc2cccc(C)c2)ccc1OCC(=O)Nc1ccc(C)cc1C. The molecule has 0 aliphatic heterocycles. The Bertz CT molecular complexity index is 1340. The Morgan fingerprint density at radius 2 is 1.69 bits per heavy atom. The number of nitrogens with one attached hydrogen (secondary N) is 2. The lowest BCUT2D eigenvalue weighted by atomic mass is 10.1. The first-order valence-electron chi connectivity index (χ1n) is 11.6. The second-order valence-electron chi connectivity index (χ2n) is 8.29. The number of hydrogen-bond donors (Lipinski definition) is 2. The smallest absolute Gasteiger partial charge is 0.266 e. The highest BCUT2D eigenvalue weighted by atomic mass is 16.5. The molecular weight excluding hydrogens is 454 g/mol. The van der Waals surface area contributed by atoms with Crippen molar-refractivity contribution in [3.63, 3.8) is 0 Å². The van der Waals surface area contributed by atoms with Crippen LogP contribution in [0.15, 0.2) is 66.2 Å². The maximum Gasteiger partial charge on any atom is 0.266 e.